The molecule has 4 aliphatic rings. The van der Waals surface area contributed by atoms with Gasteiger partial charge in [-0.2, -0.15) is 53.4 Å². The third-order valence-electron chi connectivity index (χ3n) is 15.4. The molecule has 0 spiro atoms. The first-order valence-electron chi connectivity index (χ1n) is 30.1. The Morgan fingerprint density at radius 2 is 0.745 bits per heavy atom. The average Bonchev–Trinajstić information content (AvgIpc) is 0.788. The van der Waals surface area contributed by atoms with Crippen LogP contribution in [0.25, 0.3) is 43.6 Å². The van der Waals surface area contributed by atoms with E-state index < -0.39 is 65.0 Å². The highest BCUT2D eigenvalue weighted by Gasteiger charge is 2.49. The molecule has 4 aromatic heterocycles. The van der Waals surface area contributed by atoms with Crippen LogP contribution in [-0.2, 0) is 30.4 Å². The predicted molar refractivity (Wildman–Crippen MR) is 367 cm³/mol. The lowest BCUT2D eigenvalue weighted by molar-refractivity contribution is -0.0501. The van der Waals surface area contributed by atoms with Gasteiger partial charge in [0.05, 0.1) is 59.5 Å². The Kier molecular flexibility index (Phi) is 24.4. The number of benzene rings is 5. The van der Waals surface area contributed by atoms with Crippen molar-refractivity contribution in [2.24, 2.45) is 0 Å². The van der Waals surface area contributed by atoms with Crippen LogP contribution in [0.5, 0.6) is 17.6 Å². The molecule has 526 valence electrons. The minimum absolute atomic E-state index is 0. The van der Waals surface area contributed by atoms with Crippen LogP contribution >= 0.6 is 62.3 Å². The molecule has 5 aromatic carbocycles. The molecule has 8 heterocycles. The van der Waals surface area contributed by atoms with Gasteiger partial charge in [-0.05, 0) is 161 Å². The van der Waals surface area contributed by atoms with E-state index in [4.69, 9.17) is 54.8 Å². The van der Waals surface area contributed by atoms with E-state index in [1.165, 1.54) is 42.8 Å². The van der Waals surface area contributed by atoms with Gasteiger partial charge in [0.1, 0.15) is 33.3 Å². The number of aryl methyl sites for hydroxylation is 1. The van der Waals surface area contributed by atoms with Crippen molar-refractivity contribution in [1.29, 1.82) is 0 Å². The number of aromatic nitrogens is 8. The van der Waals surface area contributed by atoms with E-state index in [2.05, 4.69) is 64.9 Å². The molecule has 13 rings (SSSR count). The maximum absolute atomic E-state index is 14.0. The zero-order chi connectivity index (χ0) is 69.7. The summed E-state index contributed by atoms with van der Waals surface area (Å²) in [7, 11) is -13.9. The Labute approximate surface area is 588 Å². The summed E-state index contributed by atoms with van der Waals surface area (Å²) >= 11 is 27.5. The van der Waals surface area contributed by atoms with Gasteiger partial charge in [0.15, 0.2) is 0 Å². The Balaban J connectivity index is 0.000000154. The zero-order valence-electron chi connectivity index (χ0n) is 51.4. The molecule has 0 bridgehead atoms. The second-order valence-electron chi connectivity index (χ2n) is 22.7. The maximum Gasteiger partial charge on any atom is 0.534 e. The highest BCUT2D eigenvalue weighted by molar-refractivity contribution is 9.10. The molecule has 9 aromatic rings. The van der Waals surface area contributed by atoms with E-state index in [-0.39, 0.29) is 77.4 Å². The molecule has 36 heteroatoms. The van der Waals surface area contributed by atoms with Gasteiger partial charge in [-0.25, -0.2) is 42.5 Å². The second kappa shape index (κ2) is 31.7. The summed E-state index contributed by atoms with van der Waals surface area (Å²) in [5.74, 6) is -2.55. The normalized spacial score (nSPS) is 15.5. The zero-order valence-corrected chi connectivity index (χ0v) is 58.4. The standard InChI is InChI=1S/C20H19BrFN3O3S.C14H12ClF4N3O3S.C14H15ClFN3O3S.C13H12Cl2FN3.CH4/c1-13-5-7-15(8-6-13)29(26,27)28-19-16-11-14(22)12-17(21)18(16)23-20(24-19)25-9-3-2-4-10-25;15-10-7-8(16)6-9-11(10)20-13(22-4-2-1-3-5-22)21-12(9)25-26(23,24)14(17,18)19;1-23(20,21)22-13-10-7-9(16)8-11(15)12(10)17-14(18-13)19-5-3-2-4-6-19;14-10-7-8(16)6-9-11(10)17-13(18-12(9)15)19-4-2-1-3-5-19;/h5-8,11-12H,2-4,9-10H2,1H3;6-7H,1-5H2;7-8H,2-6H2,1H3;6-7H,1-5H2;1H4. The molecule has 98 heavy (non-hydrogen) atoms. The molecule has 0 unspecified atom stereocenters. The van der Waals surface area contributed by atoms with Gasteiger partial charge in [-0.3, -0.25) is 0 Å². The van der Waals surface area contributed by atoms with Crippen molar-refractivity contribution < 1.29 is 68.5 Å². The van der Waals surface area contributed by atoms with Crippen molar-refractivity contribution in [2.75, 3.05) is 78.2 Å². The monoisotopic (exact) mass is 1570 g/mol. The van der Waals surface area contributed by atoms with Crippen LogP contribution in [0.15, 0.2) is 82.2 Å². The molecule has 0 radical (unpaired) electrons. The topological polar surface area (TPSA) is 246 Å². The van der Waals surface area contributed by atoms with E-state index in [9.17, 15) is 56.0 Å². The number of halogens is 12. The molecule has 0 aliphatic carbocycles. The smallest absolute Gasteiger partial charge is 0.361 e. The minimum atomic E-state index is -5.99. The summed E-state index contributed by atoms with van der Waals surface area (Å²) in [4.78, 5) is 41.8. The van der Waals surface area contributed by atoms with E-state index in [0.29, 0.717) is 51.8 Å². The molecular weight excluding hydrogens is 1510 g/mol. The molecule has 0 amide bonds. The Bertz CT molecular complexity index is 4780. The molecule has 4 aliphatic heterocycles. The lowest BCUT2D eigenvalue weighted by atomic mass is 10.1. The van der Waals surface area contributed by atoms with Crippen LogP contribution in [0, 0.1) is 30.2 Å². The Hall–Kier alpha value is -6.94. The van der Waals surface area contributed by atoms with Crippen LogP contribution in [0.2, 0.25) is 20.2 Å². The summed E-state index contributed by atoms with van der Waals surface area (Å²) in [6, 6.07) is 15.2. The van der Waals surface area contributed by atoms with Crippen LogP contribution < -0.4 is 32.1 Å². The van der Waals surface area contributed by atoms with Gasteiger partial charge in [0.25, 0.3) is 0 Å². The van der Waals surface area contributed by atoms with Crippen molar-refractivity contribution in [3.8, 4) is 17.6 Å². The third kappa shape index (κ3) is 18.5. The fraction of sp³-hybridized carbons (Fsp3) is 0.387. The van der Waals surface area contributed by atoms with Crippen molar-refractivity contribution in [3.05, 3.63) is 126 Å². The summed E-state index contributed by atoms with van der Waals surface area (Å²) in [5.41, 5.74) is -3.67. The van der Waals surface area contributed by atoms with Crippen molar-refractivity contribution in [3.63, 3.8) is 0 Å². The second-order valence-corrected chi connectivity index (χ2v) is 29.8. The van der Waals surface area contributed by atoms with Gasteiger partial charge >= 0.3 is 35.9 Å². The van der Waals surface area contributed by atoms with Crippen molar-refractivity contribution >= 4 is 160 Å². The summed E-state index contributed by atoms with van der Waals surface area (Å²) in [5, 5.41) is 0.781. The lowest BCUT2D eigenvalue weighted by Crippen LogP contribution is -2.32. The first-order valence-corrected chi connectivity index (χ1v) is 37.1. The molecule has 4 saturated heterocycles. The fourth-order valence-corrected chi connectivity index (χ4v) is 14.0. The van der Waals surface area contributed by atoms with Crippen molar-refractivity contribution in [2.45, 2.75) is 102 Å². The fourth-order valence-electron chi connectivity index (χ4n) is 10.7. The average molecular weight is 1570 g/mol. The van der Waals surface area contributed by atoms with Crippen molar-refractivity contribution in [1.82, 2.24) is 39.9 Å². The number of hydrogen-bond acceptors (Lipinski definition) is 21. The maximum atomic E-state index is 14.0. The number of piperidine rings is 4. The van der Waals surface area contributed by atoms with Gasteiger partial charge in [-0.15, -0.1) is 0 Å². The molecule has 4 fully saturated rings. The van der Waals surface area contributed by atoms with E-state index in [1.54, 1.807) is 17.0 Å². The largest absolute Gasteiger partial charge is 0.534 e. The summed E-state index contributed by atoms with van der Waals surface area (Å²) in [6.45, 7) is 7.85. The van der Waals surface area contributed by atoms with Gasteiger partial charge in [-0.1, -0.05) is 71.5 Å². The summed E-state index contributed by atoms with van der Waals surface area (Å²) < 4.78 is 179. The first kappa shape index (κ1) is 75.3. The third-order valence-corrected chi connectivity index (χ3v) is 19.8. The van der Waals surface area contributed by atoms with E-state index in [1.807, 2.05) is 16.7 Å². The highest BCUT2D eigenvalue weighted by atomic mass is 79.9. The quantitative estimate of drug-likeness (QED) is 0.0505. The number of rotatable bonds is 11. The number of fused-ring (bicyclic) bond motifs is 4. The molecule has 0 N–H and O–H groups in total. The van der Waals surface area contributed by atoms with Gasteiger partial charge in [0.2, 0.25) is 41.4 Å². The molecular formula is C62H62BrCl4F7N12O9S3. The van der Waals surface area contributed by atoms with Crippen LogP contribution in [0.1, 0.15) is 90.0 Å². The number of alkyl halides is 3. The minimum Gasteiger partial charge on any atom is -0.361 e. The highest BCUT2D eigenvalue weighted by Crippen LogP contribution is 2.39. The van der Waals surface area contributed by atoms with E-state index >= 15 is 0 Å². The molecule has 0 saturated carbocycles. The van der Waals surface area contributed by atoms with Crippen LogP contribution in [0.3, 0.4) is 0 Å². The van der Waals surface area contributed by atoms with Gasteiger partial charge < -0.3 is 32.1 Å². The first-order chi connectivity index (χ1) is 45.9. The molecule has 0 atom stereocenters. The predicted octanol–water partition coefficient (Wildman–Crippen LogP) is 15.7. The van der Waals surface area contributed by atoms with Crippen LogP contribution in [0.4, 0.5) is 54.5 Å². The van der Waals surface area contributed by atoms with E-state index in [0.717, 1.165) is 146 Å². The molecule has 21 nitrogen and oxygen atoms in total. The Morgan fingerprint density at radius 1 is 0.429 bits per heavy atom. The summed E-state index contributed by atoms with van der Waals surface area (Å²) in [6.07, 6.45) is 13.2. The number of anilines is 4. The SMILES string of the molecule is C.CS(=O)(=O)Oc1nc(N2CCCCC2)nc2c(Cl)cc(F)cc12.Cc1ccc(S(=O)(=O)Oc2nc(N3CCCCC3)nc3c(Br)cc(F)cc23)cc1.Fc1cc(Cl)c2nc(N3CCCCC3)nc(Cl)c2c1.O=S(=O)(Oc1nc(N2CCCCC2)nc2c(Cl)cc(F)cc12)C(F)(F)F. The number of hydrogen-bond donors (Lipinski definition) is 0. The van der Waals surface area contributed by atoms with Gasteiger partial charge in [0, 0.05) is 62.2 Å². The number of nitrogens with zero attached hydrogens (tertiary/aromatic N) is 12. The lowest BCUT2D eigenvalue weighted by Gasteiger charge is -2.27. The van der Waals surface area contributed by atoms with Crippen LogP contribution in [-0.4, -0.2) is 129 Å². The Morgan fingerprint density at radius 3 is 1.12 bits per heavy atom.